The minimum absolute atomic E-state index is 0.0253. The Labute approximate surface area is 152 Å². The van der Waals surface area contributed by atoms with Crippen LogP contribution in [-0.4, -0.2) is 15.9 Å². The number of cyclic esters (lactones) is 1. The molecule has 0 radical (unpaired) electrons. The zero-order valence-corrected chi connectivity index (χ0v) is 14.4. The molecule has 3 heterocycles. The van der Waals surface area contributed by atoms with Crippen molar-refractivity contribution in [3.8, 4) is 11.5 Å². The van der Waals surface area contributed by atoms with E-state index in [1.165, 1.54) is 18.2 Å². The van der Waals surface area contributed by atoms with Crippen molar-refractivity contribution in [1.82, 2.24) is 9.97 Å². The summed E-state index contributed by atoms with van der Waals surface area (Å²) in [5.74, 6) is -0.0174. The summed E-state index contributed by atoms with van der Waals surface area (Å²) >= 11 is 5.93. The van der Waals surface area contributed by atoms with Crippen LogP contribution in [0, 0.1) is 12.7 Å². The fourth-order valence-corrected chi connectivity index (χ4v) is 3.15. The van der Waals surface area contributed by atoms with E-state index in [1.807, 2.05) is 0 Å². The highest BCUT2D eigenvalue weighted by atomic mass is 35.5. The second-order valence-electron chi connectivity index (χ2n) is 5.93. The smallest absolute Gasteiger partial charge is 0.343 e. The van der Waals surface area contributed by atoms with Crippen molar-refractivity contribution in [3.05, 3.63) is 63.8 Å². The van der Waals surface area contributed by atoms with Gasteiger partial charge >= 0.3 is 5.97 Å². The van der Waals surface area contributed by atoms with Gasteiger partial charge in [0.15, 0.2) is 5.76 Å². The van der Waals surface area contributed by atoms with Crippen molar-refractivity contribution in [2.75, 3.05) is 5.73 Å². The summed E-state index contributed by atoms with van der Waals surface area (Å²) in [5, 5.41) is 0.389. The Morgan fingerprint density at radius 1 is 1.27 bits per heavy atom. The first-order valence-electron chi connectivity index (χ1n) is 7.81. The van der Waals surface area contributed by atoms with Gasteiger partial charge in [0, 0.05) is 11.4 Å². The predicted octanol–water partition coefficient (Wildman–Crippen LogP) is 3.87. The number of nitrogens with two attached hydrogens (primary N) is 1. The maximum atomic E-state index is 14.1. The number of hydrogen-bond donors (Lipinski definition) is 1. The lowest BCUT2D eigenvalue weighted by Crippen LogP contribution is -2.08. The Morgan fingerprint density at radius 3 is 2.81 bits per heavy atom. The van der Waals surface area contributed by atoms with Gasteiger partial charge in [-0.15, -0.1) is 0 Å². The number of carbonyl (C=O) groups is 1. The summed E-state index contributed by atoms with van der Waals surface area (Å²) in [5.41, 5.74) is 6.88. The number of nitrogen functional groups attached to an aromatic ring is 1. The highest BCUT2D eigenvalue weighted by molar-refractivity contribution is 6.30. The molecule has 6 nitrogen and oxygen atoms in total. The molecule has 0 amide bonds. The van der Waals surface area contributed by atoms with Crippen LogP contribution in [0.3, 0.4) is 0 Å². The van der Waals surface area contributed by atoms with E-state index in [9.17, 15) is 9.18 Å². The van der Waals surface area contributed by atoms with Crippen LogP contribution in [0.1, 0.15) is 33.5 Å². The molecule has 0 fully saturated rings. The average Bonchev–Trinajstić information content (AvgIpc) is 3.15. The molecule has 1 aliphatic rings. The van der Waals surface area contributed by atoms with E-state index >= 15 is 0 Å². The Hall–Kier alpha value is -2.93. The third-order valence-electron chi connectivity index (χ3n) is 4.10. The first-order chi connectivity index (χ1) is 12.4. The number of benzene rings is 1. The van der Waals surface area contributed by atoms with E-state index in [4.69, 9.17) is 26.5 Å². The standard InChI is InChI=1S/C18H13ClFN3O3/c1-8-2-5-12(25-8)15-14-16(23-18(21)22-15)13(26-17(14)24)7-9-6-10(19)3-4-11(9)20/h2-6,13H,7H2,1H3,(H2,21,22,23). The van der Waals surface area contributed by atoms with E-state index in [1.54, 1.807) is 19.1 Å². The molecular weight excluding hydrogens is 361 g/mol. The number of aryl methyl sites for hydroxylation is 1. The predicted molar refractivity (Wildman–Crippen MR) is 92.2 cm³/mol. The highest BCUT2D eigenvalue weighted by Crippen LogP contribution is 2.38. The van der Waals surface area contributed by atoms with Crippen LogP contribution in [0.4, 0.5) is 10.3 Å². The van der Waals surface area contributed by atoms with Gasteiger partial charge in [-0.1, -0.05) is 11.6 Å². The lowest BCUT2D eigenvalue weighted by atomic mass is 10.0. The maximum Gasteiger partial charge on any atom is 0.343 e. The average molecular weight is 374 g/mol. The van der Waals surface area contributed by atoms with Gasteiger partial charge < -0.3 is 14.9 Å². The van der Waals surface area contributed by atoms with Crippen LogP contribution < -0.4 is 5.73 Å². The van der Waals surface area contributed by atoms with E-state index in [-0.39, 0.29) is 23.6 Å². The number of hydrogen-bond acceptors (Lipinski definition) is 6. The van der Waals surface area contributed by atoms with Crippen LogP contribution >= 0.6 is 11.6 Å². The molecule has 0 aliphatic carbocycles. The number of furan rings is 1. The van der Waals surface area contributed by atoms with E-state index in [0.29, 0.717) is 27.8 Å². The van der Waals surface area contributed by atoms with Crippen molar-refractivity contribution in [2.45, 2.75) is 19.4 Å². The highest BCUT2D eigenvalue weighted by Gasteiger charge is 2.38. The summed E-state index contributed by atoms with van der Waals surface area (Å²) in [6.45, 7) is 1.78. The number of halogens is 2. The largest absolute Gasteiger partial charge is 0.460 e. The molecule has 8 heteroatoms. The molecule has 132 valence electrons. The van der Waals surface area contributed by atoms with E-state index in [2.05, 4.69) is 9.97 Å². The van der Waals surface area contributed by atoms with Gasteiger partial charge in [0.05, 0.1) is 0 Å². The molecule has 2 N–H and O–H groups in total. The van der Waals surface area contributed by atoms with Crippen molar-refractivity contribution in [2.24, 2.45) is 0 Å². The fraction of sp³-hybridized carbons (Fsp3) is 0.167. The summed E-state index contributed by atoms with van der Waals surface area (Å²) in [7, 11) is 0. The Bertz CT molecular complexity index is 1030. The van der Waals surface area contributed by atoms with E-state index < -0.39 is 17.9 Å². The van der Waals surface area contributed by atoms with Gasteiger partial charge in [-0.05, 0) is 42.8 Å². The SMILES string of the molecule is Cc1ccc(-c2nc(N)nc3c2C(=O)OC3Cc2cc(Cl)ccc2F)o1. The van der Waals surface area contributed by atoms with Crippen LogP contribution in [0.15, 0.2) is 34.7 Å². The van der Waals surface area contributed by atoms with Gasteiger partial charge in [-0.2, -0.15) is 0 Å². The molecule has 0 bridgehead atoms. The van der Waals surface area contributed by atoms with Crippen LogP contribution in [0.5, 0.6) is 0 Å². The summed E-state index contributed by atoms with van der Waals surface area (Å²) in [6.07, 6.45) is -0.705. The van der Waals surface area contributed by atoms with Crippen molar-refractivity contribution in [3.63, 3.8) is 0 Å². The Balaban J connectivity index is 1.79. The topological polar surface area (TPSA) is 91.2 Å². The van der Waals surface area contributed by atoms with E-state index in [0.717, 1.165) is 0 Å². The normalized spacial score (nSPS) is 15.8. The van der Waals surface area contributed by atoms with Gasteiger partial charge in [-0.25, -0.2) is 19.2 Å². The second-order valence-corrected chi connectivity index (χ2v) is 6.37. The number of rotatable bonds is 3. The first kappa shape index (κ1) is 16.5. The molecule has 2 aromatic heterocycles. The molecule has 1 aliphatic heterocycles. The van der Waals surface area contributed by atoms with Crippen molar-refractivity contribution in [1.29, 1.82) is 0 Å². The van der Waals surface area contributed by atoms with Gasteiger partial charge in [0.2, 0.25) is 5.95 Å². The molecule has 0 spiro atoms. The minimum atomic E-state index is -0.787. The molecule has 1 aromatic carbocycles. The number of nitrogens with zero attached hydrogens (tertiary/aromatic N) is 2. The molecule has 0 saturated carbocycles. The lowest BCUT2D eigenvalue weighted by Gasteiger charge is -2.11. The van der Waals surface area contributed by atoms with Gasteiger partial charge in [0.25, 0.3) is 0 Å². The fourth-order valence-electron chi connectivity index (χ4n) is 2.95. The van der Waals surface area contributed by atoms with Crippen LogP contribution in [0.2, 0.25) is 5.02 Å². The van der Waals surface area contributed by atoms with Crippen LogP contribution in [0.25, 0.3) is 11.5 Å². The number of aromatic nitrogens is 2. The zero-order chi connectivity index (χ0) is 18.4. The number of anilines is 1. The molecule has 4 rings (SSSR count). The second kappa shape index (κ2) is 6.10. The Morgan fingerprint density at radius 2 is 2.08 bits per heavy atom. The molecular formula is C18H13ClFN3O3. The van der Waals surface area contributed by atoms with Crippen molar-refractivity contribution < 1.29 is 18.3 Å². The van der Waals surface area contributed by atoms with Crippen LogP contribution in [-0.2, 0) is 11.2 Å². The quantitative estimate of drug-likeness (QED) is 0.700. The molecule has 3 aromatic rings. The molecule has 1 unspecified atom stereocenters. The Kier molecular flexibility index (Phi) is 3.88. The maximum absolute atomic E-state index is 14.1. The van der Waals surface area contributed by atoms with Gasteiger partial charge in [-0.3, -0.25) is 0 Å². The van der Waals surface area contributed by atoms with Crippen molar-refractivity contribution >= 4 is 23.5 Å². The number of esters is 1. The summed E-state index contributed by atoms with van der Waals surface area (Å²) < 4.78 is 25.0. The zero-order valence-electron chi connectivity index (χ0n) is 13.6. The third-order valence-corrected chi connectivity index (χ3v) is 4.33. The summed E-state index contributed by atoms with van der Waals surface area (Å²) in [6, 6.07) is 7.64. The summed E-state index contributed by atoms with van der Waals surface area (Å²) in [4.78, 5) is 20.7. The molecule has 26 heavy (non-hydrogen) atoms. The van der Waals surface area contributed by atoms with Gasteiger partial charge in [0.1, 0.15) is 34.6 Å². The third kappa shape index (κ3) is 2.80. The minimum Gasteiger partial charge on any atom is -0.460 e. The lowest BCUT2D eigenvalue weighted by molar-refractivity contribution is 0.0381. The first-order valence-corrected chi connectivity index (χ1v) is 8.19. The number of ether oxygens (including phenoxy) is 1. The molecule has 1 atom stereocenters. The number of fused-ring (bicyclic) bond motifs is 1. The number of carbonyl (C=O) groups excluding carboxylic acids is 1. The molecule has 0 saturated heterocycles. The monoisotopic (exact) mass is 373 g/mol.